The third-order valence-corrected chi connectivity index (χ3v) is 3.85. The first-order valence-corrected chi connectivity index (χ1v) is 7.95. The molecule has 0 spiro atoms. The Morgan fingerprint density at radius 3 is 2.37 bits per heavy atom. The first-order chi connectivity index (χ1) is 8.86. The maximum absolute atomic E-state index is 11.4. The van der Waals surface area contributed by atoms with Crippen LogP contribution in [0, 0.1) is 11.8 Å². The van der Waals surface area contributed by atoms with Crippen LogP contribution in [0.2, 0.25) is 0 Å². The Labute approximate surface area is 116 Å². The molecule has 0 aliphatic carbocycles. The lowest BCUT2D eigenvalue weighted by Crippen LogP contribution is -2.41. The summed E-state index contributed by atoms with van der Waals surface area (Å²) in [4.78, 5) is 22.4. The Bertz CT molecular complexity index is 321. The molecule has 0 aliphatic heterocycles. The Balaban J connectivity index is 3.92. The van der Waals surface area contributed by atoms with Gasteiger partial charge in [0.05, 0.1) is 5.92 Å². The van der Waals surface area contributed by atoms with E-state index < -0.39 is 28.7 Å². The predicted molar refractivity (Wildman–Crippen MR) is 75.5 cm³/mol. The van der Waals surface area contributed by atoms with Gasteiger partial charge in [0.1, 0.15) is 0 Å². The average Bonchev–Trinajstić information content (AvgIpc) is 2.33. The average molecular weight is 292 g/mol. The van der Waals surface area contributed by atoms with Crippen LogP contribution >= 0.6 is 0 Å². The summed E-state index contributed by atoms with van der Waals surface area (Å²) >= 11 is 0. The fourth-order valence-electron chi connectivity index (χ4n) is 1.54. The molecule has 0 aromatic rings. The summed E-state index contributed by atoms with van der Waals surface area (Å²) in [5.41, 5.74) is 0. The summed E-state index contributed by atoms with van der Waals surface area (Å²) < 4.78 is 11.1. The predicted octanol–water partition coefficient (Wildman–Crippen LogP) is 0.801. The number of aliphatic carboxylic acids is 1. The van der Waals surface area contributed by atoms with Crippen molar-refractivity contribution in [3.8, 4) is 0 Å². The molecule has 2 unspecified atom stereocenters. The second kappa shape index (κ2) is 9.77. The monoisotopic (exact) mass is 292 g/mol. The largest absolute Gasteiger partial charge is 0.481 e. The number of hydrogen-bond donors (Lipinski definition) is 3. The van der Waals surface area contributed by atoms with E-state index in [-0.39, 0.29) is 12.5 Å². The van der Waals surface area contributed by atoms with Gasteiger partial charge in [-0.15, -0.1) is 0 Å². The van der Waals surface area contributed by atoms with Gasteiger partial charge >= 0.3 is 12.0 Å². The van der Waals surface area contributed by atoms with Crippen LogP contribution in [0.5, 0.6) is 0 Å². The standard InChI is InChI=1S/C12H24N2O4S/c1-4-19(18)6-5-13-12(17)14-8-10(11(15)16)7-9(2)3/h9-10H,4-8H2,1-3H3,(H,15,16)(H2,13,14,17). The molecule has 2 atom stereocenters. The molecule has 0 saturated heterocycles. The molecule has 3 N–H and O–H groups in total. The number of nitrogens with one attached hydrogen (secondary N) is 2. The lowest BCUT2D eigenvalue weighted by atomic mass is 9.97. The van der Waals surface area contributed by atoms with E-state index in [1.54, 1.807) is 0 Å². The molecule has 2 amide bonds. The zero-order valence-electron chi connectivity index (χ0n) is 11.8. The highest BCUT2D eigenvalue weighted by atomic mass is 32.2. The van der Waals surface area contributed by atoms with Crippen molar-refractivity contribution < 1.29 is 18.9 Å². The summed E-state index contributed by atoms with van der Waals surface area (Å²) in [7, 11) is -0.908. The van der Waals surface area contributed by atoms with Crippen molar-refractivity contribution in [1.29, 1.82) is 0 Å². The molecule has 112 valence electrons. The van der Waals surface area contributed by atoms with Gasteiger partial charge < -0.3 is 15.7 Å². The molecular weight excluding hydrogens is 268 g/mol. The summed E-state index contributed by atoms with van der Waals surface area (Å²) in [5, 5.41) is 14.1. The van der Waals surface area contributed by atoms with Gasteiger partial charge in [-0.2, -0.15) is 0 Å². The van der Waals surface area contributed by atoms with Crippen LogP contribution in [0.3, 0.4) is 0 Å². The van der Waals surface area contributed by atoms with Crippen LogP contribution < -0.4 is 10.6 Å². The Hall–Kier alpha value is -1.11. The van der Waals surface area contributed by atoms with Crippen molar-refractivity contribution in [3.05, 3.63) is 0 Å². The number of hydrogen-bond acceptors (Lipinski definition) is 3. The molecule has 0 radical (unpaired) electrons. The molecule has 0 aliphatic rings. The molecule has 0 heterocycles. The minimum absolute atomic E-state index is 0.107. The van der Waals surface area contributed by atoms with E-state index in [9.17, 15) is 13.8 Å². The summed E-state index contributed by atoms with van der Waals surface area (Å²) in [6.45, 7) is 6.14. The fourth-order valence-corrected chi connectivity index (χ4v) is 2.16. The van der Waals surface area contributed by atoms with E-state index in [2.05, 4.69) is 10.6 Å². The number of carboxylic acid groups (broad SMARTS) is 1. The quantitative estimate of drug-likeness (QED) is 0.586. The van der Waals surface area contributed by atoms with E-state index >= 15 is 0 Å². The van der Waals surface area contributed by atoms with Crippen LogP contribution in [0.25, 0.3) is 0 Å². The van der Waals surface area contributed by atoms with Gasteiger partial charge in [-0.25, -0.2) is 4.79 Å². The van der Waals surface area contributed by atoms with Gasteiger partial charge in [0.25, 0.3) is 0 Å². The topological polar surface area (TPSA) is 95.5 Å². The molecule has 7 heteroatoms. The molecule has 19 heavy (non-hydrogen) atoms. The number of rotatable bonds is 9. The van der Waals surface area contributed by atoms with Crippen molar-refractivity contribution in [2.45, 2.75) is 27.2 Å². The number of carbonyl (C=O) groups excluding carboxylic acids is 1. The molecule has 0 aromatic heterocycles. The molecule has 0 bridgehead atoms. The zero-order chi connectivity index (χ0) is 14.8. The molecule has 6 nitrogen and oxygen atoms in total. The SMILES string of the molecule is CCS(=O)CCNC(=O)NCC(CC(C)C)C(=O)O. The lowest BCUT2D eigenvalue weighted by molar-refractivity contribution is -0.142. The summed E-state index contributed by atoms with van der Waals surface area (Å²) in [5.74, 6) is -0.230. The minimum atomic E-state index is -0.908. The number of carboxylic acids is 1. The van der Waals surface area contributed by atoms with Gasteiger partial charge in [-0.1, -0.05) is 20.8 Å². The minimum Gasteiger partial charge on any atom is -0.481 e. The summed E-state index contributed by atoms with van der Waals surface area (Å²) in [6.07, 6.45) is 0.523. The number of amides is 2. The first-order valence-electron chi connectivity index (χ1n) is 6.46. The van der Waals surface area contributed by atoms with Gasteiger partial charge in [-0.3, -0.25) is 9.00 Å². The third-order valence-electron chi connectivity index (χ3n) is 2.55. The Kier molecular flexibility index (Phi) is 9.20. The second-order valence-electron chi connectivity index (χ2n) is 4.73. The zero-order valence-corrected chi connectivity index (χ0v) is 12.6. The highest BCUT2D eigenvalue weighted by molar-refractivity contribution is 7.84. The Morgan fingerprint density at radius 2 is 1.89 bits per heavy atom. The maximum atomic E-state index is 11.4. The Morgan fingerprint density at radius 1 is 1.26 bits per heavy atom. The molecule has 0 fully saturated rings. The molecular formula is C12H24N2O4S. The highest BCUT2D eigenvalue weighted by Crippen LogP contribution is 2.10. The fraction of sp³-hybridized carbons (Fsp3) is 0.833. The third kappa shape index (κ3) is 9.47. The smallest absolute Gasteiger partial charge is 0.314 e. The van der Waals surface area contributed by atoms with Crippen molar-refractivity contribution in [1.82, 2.24) is 10.6 Å². The van der Waals surface area contributed by atoms with E-state index in [1.807, 2.05) is 20.8 Å². The van der Waals surface area contributed by atoms with Gasteiger partial charge in [-0.05, 0) is 12.3 Å². The number of urea groups is 1. The van der Waals surface area contributed by atoms with Crippen molar-refractivity contribution in [2.24, 2.45) is 11.8 Å². The van der Waals surface area contributed by atoms with Crippen LogP contribution in [-0.4, -0.2) is 45.9 Å². The second-order valence-corrected chi connectivity index (χ2v) is 6.60. The van der Waals surface area contributed by atoms with Gasteiger partial charge in [0.15, 0.2) is 0 Å². The summed E-state index contributed by atoms with van der Waals surface area (Å²) in [6, 6.07) is -0.414. The van der Waals surface area contributed by atoms with Crippen LogP contribution in [0.1, 0.15) is 27.2 Å². The molecule has 0 aromatic carbocycles. The normalized spacial score (nSPS) is 13.9. The van der Waals surface area contributed by atoms with Crippen molar-refractivity contribution in [2.75, 3.05) is 24.6 Å². The maximum Gasteiger partial charge on any atom is 0.314 e. The highest BCUT2D eigenvalue weighted by Gasteiger charge is 2.19. The van der Waals surface area contributed by atoms with Gasteiger partial charge in [0.2, 0.25) is 0 Å². The van der Waals surface area contributed by atoms with E-state index in [1.165, 1.54) is 0 Å². The van der Waals surface area contributed by atoms with Crippen LogP contribution in [0.4, 0.5) is 4.79 Å². The van der Waals surface area contributed by atoms with E-state index in [0.717, 1.165) is 0 Å². The van der Waals surface area contributed by atoms with Crippen LogP contribution in [-0.2, 0) is 15.6 Å². The van der Waals surface area contributed by atoms with Crippen molar-refractivity contribution >= 4 is 22.8 Å². The lowest BCUT2D eigenvalue weighted by Gasteiger charge is -2.15. The van der Waals surface area contributed by atoms with Gasteiger partial charge in [0, 0.05) is 35.4 Å². The molecule has 0 saturated carbocycles. The van der Waals surface area contributed by atoms with E-state index in [0.29, 0.717) is 24.5 Å². The first kappa shape index (κ1) is 17.9. The number of carbonyl (C=O) groups is 2. The molecule has 0 rings (SSSR count). The van der Waals surface area contributed by atoms with Crippen LogP contribution in [0.15, 0.2) is 0 Å². The van der Waals surface area contributed by atoms with Crippen molar-refractivity contribution in [3.63, 3.8) is 0 Å². The van der Waals surface area contributed by atoms with E-state index in [4.69, 9.17) is 5.11 Å².